The number of carbonyl (C=O) groups excluding carboxylic acids is 4. The van der Waals surface area contributed by atoms with Gasteiger partial charge in [0, 0.05) is 17.1 Å². The zero-order chi connectivity index (χ0) is 13.8. The van der Waals surface area contributed by atoms with Gasteiger partial charge in [0.1, 0.15) is 27.2 Å². The van der Waals surface area contributed by atoms with Crippen molar-refractivity contribution >= 4 is 32.8 Å². The minimum Gasteiger partial charge on any atom is -0.307 e. The molecule has 0 amide bonds. The second-order valence-corrected chi connectivity index (χ2v) is 1.45. The molecule has 0 aliphatic carbocycles. The molecule has 5 nitrogen and oxygen atoms in total. The van der Waals surface area contributed by atoms with E-state index in [9.17, 15) is 0 Å². The van der Waals surface area contributed by atoms with Gasteiger partial charge in [0.25, 0.3) is 0 Å². The molecule has 0 unspecified atom stereocenters. The summed E-state index contributed by atoms with van der Waals surface area (Å²) in [6.45, 7) is 14.6. The fraction of sp³-hybridized carbons (Fsp3) is 0. The van der Waals surface area contributed by atoms with Crippen LogP contribution in [0.25, 0.3) is 4.85 Å². The van der Waals surface area contributed by atoms with Gasteiger partial charge in [0.2, 0.25) is 0 Å². The van der Waals surface area contributed by atoms with E-state index in [4.69, 9.17) is 25.8 Å². The summed E-state index contributed by atoms with van der Waals surface area (Å²) in [5, 5.41) is 0. The van der Waals surface area contributed by atoms with Crippen LogP contribution in [0.3, 0.4) is 0 Å². The standard InChI is InChI=1S/C7H5N.4CH2O.Fe/c1-8-7-5-3-2-4-6-7;4*1-2;/h2-6H;4*1H2;. The Kier molecular flexibility index (Phi) is 83.9. The van der Waals surface area contributed by atoms with Gasteiger partial charge in [0.05, 0.1) is 6.57 Å². The molecule has 1 aromatic rings. The van der Waals surface area contributed by atoms with Crippen LogP contribution in [-0.2, 0) is 36.2 Å². The van der Waals surface area contributed by atoms with Gasteiger partial charge in [-0.05, 0) is 0 Å². The summed E-state index contributed by atoms with van der Waals surface area (Å²) in [5.74, 6) is 0. The number of para-hydroxylation sites is 1. The molecule has 0 N–H and O–H groups in total. The van der Waals surface area contributed by atoms with Gasteiger partial charge in [-0.25, -0.2) is 4.85 Å². The minimum absolute atomic E-state index is 0. The molecule has 0 saturated carbocycles. The third-order valence-electron chi connectivity index (χ3n) is 0.885. The third kappa shape index (κ3) is 31.5. The van der Waals surface area contributed by atoms with Crippen LogP contribution in [-0.4, -0.2) is 27.2 Å². The second kappa shape index (κ2) is 48.6. The quantitative estimate of drug-likeness (QED) is 0.533. The molecule has 0 heterocycles. The number of hydrogen-bond acceptors (Lipinski definition) is 4. The maximum atomic E-state index is 8.00. The summed E-state index contributed by atoms with van der Waals surface area (Å²) < 4.78 is 0. The summed E-state index contributed by atoms with van der Waals surface area (Å²) >= 11 is 0. The largest absolute Gasteiger partial charge is 0.307 e. The van der Waals surface area contributed by atoms with Crippen LogP contribution in [0.15, 0.2) is 30.3 Å². The average molecular weight is 279 g/mol. The molecule has 0 atom stereocenters. The van der Waals surface area contributed by atoms with Crippen LogP contribution in [0, 0.1) is 6.57 Å². The molecule has 1 rings (SSSR count). The Morgan fingerprint density at radius 2 is 1.06 bits per heavy atom. The number of rotatable bonds is 0. The average Bonchev–Trinajstić information content (AvgIpc) is 2.48. The SMILES string of the molecule is C=O.C=O.C=O.C=O.[C-]#[N+]c1ccccc1.[Fe]. The Balaban J connectivity index is -0.0000000462. The Morgan fingerprint density at radius 3 is 1.24 bits per heavy atom. The molecule has 1 aromatic carbocycles. The molecular weight excluding hydrogens is 266 g/mol. The van der Waals surface area contributed by atoms with Crippen LogP contribution in [0.1, 0.15) is 0 Å². The zero-order valence-electron chi connectivity index (χ0n) is 9.15. The topological polar surface area (TPSA) is 72.6 Å². The second-order valence-electron chi connectivity index (χ2n) is 1.45. The predicted molar refractivity (Wildman–Crippen MR) is 61.2 cm³/mol. The first-order valence-corrected chi connectivity index (χ1v) is 3.51. The van der Waals surface area contributed by atoms with E-state index in [2.05, 4.69) is 4.85 Å². The summed E-state index contributed by atoms with van der Waals surface area (Å²) in [7, 11) is 0. The molecule has 94 valence electrons. The molecule has 17 heavy (non-hydrogen) atoms. The number of carbonyl (C=O) groups is 4. The normalized spacial score (nSPS) is 4.65. The Hall–Kier alpha value is -2.09. The van der Waals surface area contributed by atoms with E-state index in [-0.39, 0.29) is 17.1 Å². The Bertz CT molecular complexity index is 256. The number of hydrogen-bond donors (Lipinski definition) is 0. The van der Waals surface area contributed by atoms with Crippen LogP contribution < -0.4 is 0 Å². The molecule has 0 spiro atoms. The van der Waals surface area contributed by atoms with E-state index in [1.165, 1.54) is 0 Å². The van der Waals surface area contributed by atoms with Crippen molar-refractivity contribution in [3.8, 4) is 0 Å². The van der Waals surface area contributed by atoms with Crippen molar-refractivity contribution < 1.29 is 36.2 Å². The Labute approximate surface area is 111 Å². The van der Waals surface area contributed by atoms with Crippen molar-refractivity contribution in [3.63, 3.8) is 0 Å². The minimum atomic E-state index is 0. The fourth-order valence-corrected chi connectivity index (χ4v) is 0.503. The van der Waals surface area contributed by atoms with Gasteiger partial charge in [-0.2, -0.15) is 0 Å². The molecule has 0 aromatic heterocycles. The van der Waals surface area contributed by atoms with E-state index in [0.717, 1.165) is 0 Å². The zero-order valence-corrected chi connectivity index (χ0v) is 10.3. The van der Waals surface area contributed by atoms with Gasteiger partial charge in [-0.1, -0.05) is 30.3 Å². The third-order valence-corrected chi connectivity index (χ3v) is 0.885. The monoisotopic (exact) mass is 279 g/mol. The van der Waals surface area contributed by atoms with E-state index >= 15 is 0 Å². The van der Waals surface area contributed by atoms with Crippen molar-refractivity contribution in [1.29, 1.82) is 0 Å². The predicted octanol–water partition coefficient (Wildman–Crippen LogP) is 1.50. The van der Waals surface area contributed by atoms with Crippen molar-refractivity contribution in [2.24, 2.45) is 0 Å². The molecule has 0 aliphatic rings. The van der Waals surface area contributed by atoms with Crippen molar-refractivity contribution in [2.75, 3.05) is 0 Å². The van der Waals surface area contributed by atoms with Gasteiger partial charge in [0.15, 0.2) is 5.69 Å². The molecule has 0 fully saturated rings. The van der Waals surface area contributed by atoms with Crippen LogP contribution in [0.4, 0.5) is 5.69 Å². The Morgan fingerprint density at radius 1 is 0.765 bits per heavy atom. The van der Waals surface area contributed by atoms with E-state index in [0.29, 0.717) is 5.69 Å². The first-order valence-electron chi connectivity index (χ1n) is 3.51. The van der Waals surface area contributed by atoms with Gasteiger partial charge >= 0.3 is 0 Å². The smallest absolute Gasteiger partial charge is 0.187 e. The first kappa shape index (κ1) is 29.4. The van der Waals surface area contributed by atoms with Gasteiger partial charge in [-0.3, -0.25) is 0 Å². The molecule has 6 heteroatoms. The molecule has 0 bridgehead atoms. The maximum Gasteiger partial charge on any atom is 0.187 e. The summed E-state index contributed by atoms with van der Waals surface area (Å²) in [6.07, 6.45) is 0. The molecular formula is C11H13FeNO4. The van der Waals surface area contributed by atoms with E-state index in [1.54, 1.807) is 12.1 Å². The van der Waals surface area contributed by atoms with Crippen LogP contribution in [0.5, 0.6) is 0 Å². The number of benzene rings is 1. The van der Waals surface area contributed by atoms with E-state index in [1.807, 2.05) is 45.4 Å². The van der Waals surface area contributed by atoms with Crippen LogP contribution >= 0.6 is 0 Å². The number of nitrogens with zero attached hydrogens (tertiary/aromatic N) is 1. The van der Waals surface area contributed by atoms with Gasteiger partial charge < -0.3 is 19.2 Å². The first-order chi connectivity index (χ1) is 7.93. The maximum absolute atomic E-state index is 8.00. The van der Waals surface area contributed by atoms with Crippen LogP contribution in [0.2, 0.25) is 0 Å². The van der Waals surface area contributed by atoms with Gasteiger partial charge in [-0.15, -0.1) is 0 Å². The molecule has 0 aliphatic heterocycles. The molecule has 0 radical (unpaired) electrons. The molecule has 0 saturated heterocycles. The van der Waals surface area contributed by atoms with Crippen molar-refractivity contribution in [3.05, 3.63) is 41.7 Å². The summed E-state index contributed by atoms with van der Waals surface area (Å²) in [6, 6.07) is 9.18. The fourth-order valence-electron chi connectivity index (χ4n) is 0.503. The summed E-state index contributed by atoms with van der Waals surface area (Å²) in [4.78, 5) is 35.2. The summed E-state index contributed by atoms with van der Waals surface area (Å²) in [5.41, 5.74) is 0.701. The van der Waals surface area contributed by atoms with Crippen molar-refractivity contribution in [1.82, 2.24) is 0 Å². The van der Waals surface area contributed by atoms with E-state index < -0.39 is 0 Å². The van der Waals surface area contributed by atoms with Crippen molar-refractivity contribution in [2.45, 2.75) is 0 Å².